The van der Waals surface area contributed by atoms with Crippen LogP contribution in [0.25, 0.3) is 0 Å². The van der Waals surface area contributed by atoms with Crippen LogP contribution in [-0.2, 0) is 16.0 Å². The van der Waals surface area contributed by atoms with Gasteiger partial charge in [-0.1, -0.05) is 0 Å². The van der Waals surface area contributed by atoms with Gasteiger partial charge in [0.15, 0.2) is 17.2 Å². The van der Waals surface area contributed by atoms with Crippen LogP contribution in [0.15, 0.2) is 12.1 Å². The summed E-state index contributed by atoms with van der Waals surface area (Å²) in [6.45, 7) is 1.90. The third kappa shape index (κ3) is 3.25. The largest absolute Gasteiger partial charge is 0.504 e. The van der Waals surface area contributed by atoms with Crippen molar-refractivity contribution in [3.8, 4) is 17.2 Å². The predicted octanol–water partition coefficient (Wildman–Crippen LogP) is 0.236. The Labute approximate surface area is 98.3 Å². The molecule has 1 rings (SSSR count). The van der Waals surface area contributed by atoms with E-state index in [4.69, 9.17) is 15.6 Å². The fourth-order valence-corrected chi connectivity index (χ4v) is 1.37. The summed E-state index contributed by atoms with van der Waals surface area (Å²) in [6, 6.07) is 1.58. The number of carbonyl (C=O) groups excluding carboxylic acids is 1. The topological polar surface area (TPSA) is 113 Å². The Kier molecular flexibility index (Phi) is 4.17. The van der Waals surface area contributed by atoms with E-state index in [1.807, 2.05) is 0 Å². The molecule has 0 aromatic heterocycles. The monoisotopic (exact) mass is 241 g/mol. The highest BCUT2D eigenvalue weighted by atomic mass is 16.5. The number of hydrogen-bond donors (Lipinski definition) is 4. The molecule has 0 saturated carbocycles. The summed E-state index contributed by atoms with van der Waals surface area (Å²) in [5.74, 6) is -2.08. The smallest absolute Gasteiger partial charge is 0.323 e. The molecule has 0 aliphatic heterocycles. The number of ether oxygens (including phenoxy) is 1. The Hall–Kier alpha value is -1.95. The molecule has 0 amide bonds. The summed E-state index contributed by atoms with van der Waals surface area (Å²) in [5, 5.41) is 27.7. The quantitative estimate of drug-likeness (QED) is 0.443. The zero-order valence-electron chi connectivity index (χ0n) is 9.38. The van der Waals surface area contributed by atoms with Crippen molar-refractivity contribution >= 4 is 5.97 Å². The van der Waals surface area contributed by atoms with Gasteiger partial charge in [0.25, 0.3) is 0 Å². The molecule has 6 nitrogen and oxygen atoms in total. The van der Waals surface area contributed by atoms with Crippen LogP contribution in [0.3, 0.4) is 0 Å². The van der Waals surface area contributed by atoms with E-state index in [1.165, 1.54) is 12.1 Å². The Bertz CT molecular complexity index is 395. The molecule has 0 aliphatic carbocycles. The lowest BCUT2D eigenvalue weighted by Crippen LogP contribution is -2.34. The fourth-order valence-electron chi connectivity index (χ4n) is 1.37. The lowest BCUT2D eigenvalue weighted by Gasteiger charge is -2.11. The van der Waals surface area contributed by atoms with Gasteiger partial charge in [0.1, 0.15) is 6.04 Å². The highest BCUT2D eigenvalue weighted by molar-refractivity contribution is 5.76. The average Bonchev–Trinajstić information content (AvgIpc) is 2.26. The number of esters is 1. The number of nitrogens with two attached hydrogens (primary N) is 1. The van der Waals surface area contributed by atoms with Gasteiger partial charge in [-0.3, -0.25) is 4.79 Å². The van der Waals surface area contributed by atoms with Gasteiger partial charge < -0.3 is 25.8 Å². The highest BCUT2D eigenvalue weighted by Crippen LogP contribution is 2.35. The summed E-state index contributed by atoms with van der Waals surface area (Å²) in [6.07, 6.45) is 0.0975. The number of phenols is 3. The predicted molar refractivity (Wildman–Crippen MR) is 59.7 cm³/mol. The molecule has 17 heavy (non-hydrogen) atoms. The van der Waals surface area contributed by atoms with Gasteiger partial charge in [0, 0.05) is 0 Å². The van der Waals surface area contributed by atoms with E-state index in [0.717, 1.165) is 0 Å². The molecular weight excluding hydrogens is 226 g/mol. The molecule has 94 valence electrons. The lowest BCUT2D eigenvalue weighted by molar-refractivity contribution is -0.144. The molecule has 0 heterocycles. The second-order valence-electron chi connectivity index (χ2n) is 3.55. The fraction of sp³-hybridized carbons (Fsp3) is 0.364. The molecule has 5 N–H and O–H groups in total. The Morgan fingerprint density at radius 3 is 2.35 bits per heavy atom. The van der Waals surface area contributed by atoms with Crippen LogP contribution in [0.2, 0.25) is 0 Å². The van der Waals surface area contributed by atoms with E-state index in [2.05, 4.69) is 0 Å². The van der Waals surface area contributed by atoms with Gasteiger partial charge in [0.05, 0.1) is 6.61 Å². The van der Waals surface area contributed by atoms with Crippen molar-refractivity contribution in [2.45, 2.75) is 19.4 Å². The van der Waals surface area contributed by atoms with Crippen LogP contribution in [0.5, 0.6) is 17.2 Å². The standard InChI is InChI=1S/C11H15NO5/c1-2-17-11(16)7(12)3-6-4-8(13)10(15)9(14)5-6/h4-5,7,13-15H,2-3,12H2,1H3/t7-/m0/s1. The Morgan fingerprint density at radius 1 is 1.35 bits per heavy atom. The summed E-state index contributed by atoms with van der Waals surface area (Å²) < 4.78 is 4.72. The summed E-state index contributed by atoms with van der Waals surface area (Å²) in [4.78, 5) is 11.3. The van der Waals surface area contributed by atoms with Crippen LogP contribution in [-0.4, -0.2) is 33.9 Å². The maximum Gasteiger partial charge on any atom is 0.323 e. The SMILES string of the molecule is CCOC(=O)[C@@H](N)Cc1cc(O)c(O)c(O)c1. The maximum absolute atomic E-state index is 11.3. The molecule has 0 aliphatic rings. The molecule has 1 atom stereocenters. The molecule has 0 unspecified atom stereocenters. The van der Waals surface area contributed by atoms with Gasteiger partial charge in [-0.2, -0.15) is 0 Å². The summed E-state index contributed by atoms with van der Waals surface area (Å²) >= 11 is 0. The van der Waals surface area contributed by atoms with Gasteiger partial charge in [-0.05, 0) is 31.0 Å². The van der Waals surface area contributed by atoms with Crippen LogP contribution >= 0.6 is 0 Å². The van der Waals surface area contributed by atoms with E-state index in [-0.39, 0.29) is 13.0 Å². The second-order valence-corrected chi connectivity index (χ2v) is 3.55. The molecule has 0 saturated heterocycles. The first kappa shape index (κ1) is 13.1. The van der Waals surface area contributed by atoms with Gasteiger partial charge in [0.2, 0.25) is 0 Å². The number of hydrogen-bond acceptors (Lipinski definition) is 6. The van der Waals surface area contributed by atoms with Crippen molar-refractivity contribution in [3.63, 3.8) is 0 Å². The van der Waals surface area contributed by atoms with Gasteiger partial charge in [-0.15, -0.1) is 0 Å². The lowest BCUT2D eigenvalue weighted by atomic mass is 10.1. The second kappa shape index (κ2) is 5.40. The molecule has 0 radical (unpaired) electrons. The molecule has 0 bridgehead atoms. The minimum Gasteiger partial charge on any atom is -0.504 e. The van der Waals surface area contributed by atoms with E-state index >= 15 is 0 Å². The van der Waals surface area contributed by atoms with E-state index in [1.54, 1.807) is 6.92 Å². The van der Waals surface area contributed by atoms with Crippen molar-refractivity contribution in [2.75, 3.05) is 6.61 Å². The number of phenolic OH excluding ortho intramolecular Hbond substituents is 3. The van der Waals surface area contributed by atoms with Crippen molar-refractivity contribution in [3.05, 3.63) is 17.7 Å². The Morgan fingerprint density at radius 2 is 1.88 bits per heavy atom. The van der Waals surface area contributed by atoms with Crippen LogP contribution in [0.1, 0.15) is 12.5 Å². The van der Waals surface area contributed by atoms with Crippen LogP contribution < -0.4 is 5.73 Å². The van der Waals surface area contributed by atoms with Crippen molar-refractivity contribution in [2.24, 2.45) is 5.73 Å². The first-order chi connectivity index (χ1) is 7.95. The molecule has 1 aromatic rings. The third-order valence-corrected chi connectivity index (χ3v) is 2.17. The molecule has 1 aromatic carbocycles. The number of carbonyl (C=O) groups is 1. The van der Waals surface area contributed by atoms with Crippen molar-refractivity contribution in [1.29, 1.82) is 0 Å². The number of aromatic hydroxyl groups is 3. The Balaban J connectivity index is 2.78. The maximum atomic E-state index is 11.3. The first-order valence-electron chi connectivity index (χ1n) is 5.11. The number of benzene rings is 1. The highest BCUT2D eigenvalue weighted by Gasteiger charge is 2.17. The van der Waals surface area contributed by atoms with Gasteiger partial charge >= 0.3 is 5.97 Å². The minimum absolute atomic E-state index is 0.0975. The molecular formula is C11H15NO5. The van der Waals surface area contributed by atoms with E-state index in [9.17, 15) is 15.0 Å². The zero-order chi connectivity index (χ0) is 13.0. The molecule has 0 spiro atoms. The molecule has 6 heteroatoms. The third-order valence-electron chi connectivity index (χ3n) is 2.17. The van der Waals surface area contributed by atoms with E-state index < -0.39 is 29.3 Å². The van der Waals surface area contributed by atoms with Gasteiger partial charge in [-0.25, -0.2) is 0 Å². The zero-order valence-corrected chi connectivity index (χ0v) is 9.38. The summed E-state index contributed by atoms with van der Waals surface area (Å²) in [5.41, 5.74) is 6.00. The number of rotatable bonds is 4. The first-order valence-corrected chi connectivity index (χ1v) is 5.11. The van der Waals surface area contributed by atoms with Crippen LogP contribution in [0, 0.1) is 0 Å². The molecule has 0 fully saturated rings. The average molecular weight is 241 g/mol. The minimum atomic E-state index is -0.877. The van der Waals surface area contributed by atoms with Crippen molar-refractivity contribution < 1.29 is 24.9 Å². The van der Waals surface area contributed by atoms with Crippen molar-refractivity contribution in [1.82, 2.24) is 0 Å². The van der Waals surface area contributed by atoms with E-state index in [0.29, 0.717) is 5.56 Å². The normalized spacial score (nSPS) is 12.1. The van der Waals surface area contributed by atoms with Crippen LogP contribution in [0.4, 0.5) is 0 Å². The summed E-state index contributed by atoms with van der Waals surface area (Å²) in [7, 11) is 0.